The normalized spacial score (nSPS) is 20.7. The van der Waals surface area contributed by atoms with E-state index >= 15 is 0 Å². The van der Waals surface area contributed by atoms with Gasteiger partial charge in [-0.3, -0.25) is 4.90 Å². The highest BCUT2D eigenvalue weighted by Crippen LogP contribution is 2.36. The Bertz CT molecular complexity index is 1180. The van der Waals surface area contributed by atoms with Crippen molar-refractivity contribution >= 4 is 27.4 Å². The van der Waals surface area contributed by atoms with Gasteiger partial charge in [-0.25, -0.2) is 27.6 Å². The Kier molecular flexibility index (Phi) is 6.41. The molecule has 1 amide bonds. The number of benzene rings is 1. The van der Waals surface area contributed by atoms with Crippen molar-refractivity contribution in [3.63, 3.8) is 0 Å². The zero-order chi connectivity index (χ0) is 24.7. The Morgan fingerprint density at radius 1 is 1.18 bits per heavy atom. The third-order valence-corrected chi connectivity index (χ3v) is 6.79. The Labute approximate surface area is 198 Å². The molecule has 4 rings (SSSR count). The van der Waals surface area contributed by atoms with Crippen molar-refractivity contribution in [3.8, 4) is 5.88 Å². The number of fused-ring (bicyclic) bond motifs is 1. The summed E-state index contributed by atoms with van der Waals surface area (Å²) in [6.45, 7) is 6.04. The number of hydrogen-bond acceptors (Lipinski definition) is 8. The van der Waals surface area contributed by atoms with Crippen LogP contribution >= 0.6 is 0 Å². The van der Waals surface area contributed by atoms with E-state index in [4.69, 9.17) is 9.47 Å². The fraction of sp³-hybridized carbons (Fsp3) is 0.522. The van der Waals surface area contributed by atoms with Gasteiger partial charge < -0.3 is 14.4 Å². The molecule has 1 saturated heterocycles. The summed E-state index contributed by atoms with van der Waals surface area (Å²) < 4.78 is 49.6. The lowest BCUT2D eigenvalue weighted by atomic mass is 10.1. The van der Waals surface area contributed by atoms with Gasteiger partial charge >= 0.3 is 6.09 Å². The molecule has 34 heavy (non-hydrogen) atoms. The van der Waals surface area contributed by atoms with Crippen LogP contribution in [0.5, 0.6) is 5.88 Å². The number of ether oxygens (including phenoxy) is 2. The van der Waals surface area contributed by atoms with E-state index in [1.54, 1.807) is 45.0 Å². The van der Waals surface area contributed by atoms with Crippen LogP contribution in [0.2, 0.25) is 0 Å². The number of alkyl halides is 1. The van der Waals surface area contributed by atoms with Crippen LogP contribution < -0.4 is 9.64 Å². The number of piperidine rings is 1. The lowest BCUT2D eigenvalue weighted by Gasteiger charge is -2.35. The van der Waals surface area contributed by atoms with Crippen molar-refractivity contribution in [1.82, 2.24) is 14.9 Å². The van der Waals surface area contributed by atoms with Gasteiger partial charge in [0.25, 0.3) is 0 Å². The molecule has 0 N–H and O–H groups in total. The van der Waals surface area contributed by atoms with E-state index < -0.39 is 33.9 Å². The Hall–Kier alpha value is -2.95. The molecule has 2 aliphatic rings. The van der Waals surface area contributed by atoms with E-state index in [1.165, 1.54) is 12.6 Å². The van der Waals surface area contributed by atoms with Crippen LogP contribution in [-0.4, -0.2) is 66.7 Å². The number of rotatable bonds is 4. The monoisotopic (exact) mass is 492 g/mol. The summed E-state index contributed by atoms with van der Waals surface area (Å²) in [6, 6.07) is 6.75. The van der Waals surface area contributed by atoms with Gasteiger partial charge in [-0.1, -0.05) is 0 Å². The second kappa shape index (κ2) is 9.01. The number of carbonyl (C=O) groups excluding carboxylic acids is 1. The average molecular weight is 493 g/mol. The first-order valence-corrected chi connectivity index (χ1v) is 13.0. The predicted molar refractivity (Wildman–Crippen MR) is 124 cm³/mol. The second-order valence-corrected chi connectivity index (χ2v) is 11.6. The number of likely N-dealkylation sites (tertiary alicyclic amines) is 1. The van der Waals surface area contributed by atoms with Crippen molar-refractivity contribution in [2.24, 2.45) is 0 Å². The summed E-state index contributed by atoms with van der Waals surface area (Å²) in [4.78, 5) is 24.1. The first kappa shape index (κ1) is 24.2. The van der Waals surface area contributed by atoms with E-state index in [1.807, 2.05) is 4.90 Å². The molecule has 184 valence electrons. The first-order chi connectivity index (χ1) is 15.9. The zero-order valence-electron chi connectivity index (χ0n) is 19.7. The number of halogens is 1. The van der Waals surface area contributed by atoms with Gasteiger partial charge in [0.1, 0.15) is 23.9 Å². The molecule has 2 aliphatic heterocycles. The van der Waals surface area contributed by atoms with Gasteiger partial charge in [-0.15, -0.1) is 0 Å². The smallest absolute Gasteiger partial charge is 0.412 e. The summed E-state index contributed by atoms with van der Waals surface area (Å²) in [5.41, 5.74) is 1.12. The fourth-order valence-corrected chi connectivity index (χ4v) is 4.75. The van der Waals surface area contributed by atoms with Gasteiger partial charge in [0, 0.05) is 43.9 Å². The molecule has 1 fully saturated rings. The van der Waals surface area contributed by atoms with Crippen molar-refractivity contribution in [2.45, 2.75) is 62.9 Å². The topological polar surface area (TPSA) is 102 Å². The van der Waals surface area contributed by atoms with E-state index in [9.17, 15) is 17.6 Å². The van der Waals surface area contributed by atoms with E-state index in [0.717, 1.165) is 16.2 Å². The summed E-state index contributed by atoms with van der Waals surface area (Å²) in [6.07, 6.45) is 1.09. The number of carbonyl (C=O) groups is 1. The standard InChI is InChI=1S/C23H29FN4O5S/c1-23(2,3)33-22(29)28-10-8-16(12-19(28)24)32-21-13-20(25-14-26-21)27-9-7-15-11-17(34(4,30)31)5-6-18(15)27/h5-6,11,13-14,16,19H,7-10,12H2,1-4H3. The summed E-state index contributed by atoms with van der Waals surface area (Å²) in [5.74, 6) is 0.924. The molecule has 11 heteroatoms. The second-order valence-electron chi connectivity index (χ2n) is 9.55. The van der Waals surface area contributed by atoms with Crippen molar-refractivity contribution < 1.29 is 27.1 Å². The minimum Gasteiger partial charge on any atom is -0.474 e. The molecule has 3 heterocycles. The molecule has 0 aliphatic carbocycles. The van der Waals surface area contributed by atoms with Crippen molar-refractivity contribution in [3.05, 3.63) is 36.2 Å². The molecule has 2 unspecified atom stereocenters. The number of sulfone groups is 1. The average Bonchev–Trinajstić information content (AvgIpc) is 3.15. The molecule has 9 nitrogen and oxygen atoms in total. The Morgan fingerprint density at radius 2 is 1.94 bits per heavy atom. The van der Waals surface area contributed by atoms with Crippen LogP contribution in [0.25, 0.3) is 0 Å². The molecule has 2 aromatic rings. The van der Waals surface area contributed by atoms with Crippen molar-refractivity contribution in [1.29, 1.82) is 0 Å². The number of anilines is 2. The highest BCUT2D eigenvalue weighted by Gasteiger charge is 2.35. The zero-order valence-corrected chi connectivity index (χ0v) is 20.5. The number of hydrogen-bond donors (Lipinski definition) is 0. The summed E-state index contributed by atoms with van der Waals surface area (Å²) in [5, 5.41) is 0. The van der Waals surface area contributed by atoms with Crippen LogP contribution in [0.4, 0.5) is 20.7 Å². The van der Waals surface area contributed by atoms with E-state index in [0.29, 0.717) is 36.0 Å². The van der Waals surface area contributed by atoms with Crippen LogP contribution in [0.1, 0.15) is 39.2 Å². The molecule has 1 aromatic carbocycles. The maximum Gasteiger partial charge on any atom is 0.412 e. The number of aromatic nitrogens is 2. The number of amides is 1. The molecule has 2 atom stereocenters. The third-order valence-electron chi connectivity index (χ3n) is 5.68. The molecule has 1 aromatic heterocycles. The molecular weight excluding hydrogens is 463 g/mol. The van der Waals surface area contributed by atoms with Gasteiger partial charge in [0.05, 0.1) is 4.90 Å². The molecule has 0 saturated carbocycles. The van der Waals surface area contributed by atoms with Gasteiger partial charge in [0.2, 0.25) is 5.88 Å². The summed E-state index contributed by atoms with van der Waals surface area (Å²) in [7, 11) is -3.28. The molecule has 0 spiro atoms. The highest BCUT2D eigenvalue weighted by atomic mass is 32.2. The van der Waals surface area contributed by atoms with Crippen molar-refractivity contribution in [2.75, 3.05) is 24.2 Å². The number of nitrogens with zero attached hydrogens (tertiary/aromatic N) is 4. The minimum atomic E-state index is -3.28. The fourth-order valence-electron chi connectivity index (χ4n) is 4.08. The highest BCUT2D eigenvalue weighted by molar-refractivity contribution is 7.90. The largest absolute Gasteiger partial charge is 0.474 e. The maximum atomic E-state index is 14.7. The van der Waals surface area contributed by atoms with Crippen LogP contribution in [-0.2, 0) is 21.0 Å². The minimum absolute atomic E-state index is 0.0133. The quantitative estimate of drug-likeness (QED) is 0.596. The molecule has 0 bridgehead atoms. The van der Waals surface area contributed by atoms with Crippen LogP contribution in [0.15, 0.2) is 35.5 Å². The first-order valence-electron chi connectivity index (χ1n) is 11.1. The van der Waals surface area contributed by atoms with Gasteiger partial charge in [-0.05, 0) is 51.0 Å². The van der Waals surface area contributed by atoms with E-state index in [-0.39, 0.29) is 13.0 Å². The van der Waals surface area contributed by atoms with E-state index in [2.05, 4.69) is 9.97 Å². The Morgan fingerprint density at radius 3 is 2.62 bits per heavy atom. The molecular formula is C23H29FN4O5S. The maximum absolute atomic E-state index is 14.7. The predicted octanol–water partition coefficient (Wildman–Crippen LogP) is 3.65. The van der Waals surface area contributed by atoms with Gasteiger partial charge in [0.15, 0.2) is 16.1 Å². The van der Waals surface area contributed by atoms with Crippen LogP contribution in [0.3, 0.4) is 0 Å². The summed E-state index contributed by atoms with van der Waals surface area (Å²) >= 11 is 0. The lowest BCUT2D eigenvalue weighted by Crippen LogP contribution is -2.48. The van der Waals surface area contributed by atoms with Gasteiger partial charge in [-0.2, -0.15) is 0 Å². The molecule has 0 radical (unpaired) electrons. The lowest BCUT2D eigenvalue weighted by molar-refractivity contribution is -0.0352. The SMILES string of the molecule is CC(C)(C)OC(=O)N1CCC(Oc2cc(N3CCc4cc(S(C)(=O)=O)ccc43)ncn2)CC1F. The van der Waals surface area contributed by atoms with Crippen LogP contribution in [0, 0.1) is 0 Å². The third kappa shape index (κ3) is 5.40. The Balaban J connectivity index is 1.43.